The zero-order valence-electron chi connectivity index (χ0n) is 14.0. The number of aromatic nitrogens is 2. The van der Waals surface area contributed by atoms with Gasteiger partial charge in [-0.25, -0.2) is 0 Å². The van der Waals surface area contributed by atoms with Crippen molar-refractivity contribution in [3.63, 3.8) is 0 Å². The Morgan fingerprint density at radius 1 is 1.08 bits per heavy atom. The summed E-state index contributed by atoms with van der Waals surface area (Å²) in [5, 5.41) is 8.06. The molecule has 3 aromatic rings. The molecule has 2 heterocycles. The number of nitrogens with zero attached hydrogens (tertiary/aromatic N) is 2. The van der Waals surface area contributed by atoms with Crippen molar-refractivity contribution >= 4 is 17.5 Å². The fraction of sp³-hybridized carbons (Fsp3) is 0.211. The van der Waals surface area contributed by atoms with Gasteiger partial charge < -0.3 is 13.9 Å². The zero-order chi connectivity index (χ0) is 17.9. The molecule has 1 aliphatic rings. The third-order valence-corrected chi connectivity index (χ3v) is 4.85. The number of ketones is 1. The molecule has 1 aliphatic heterocycles. The molecule has 6 nitrogen and oxygen atoms in total. The summed E-state index contributed by atoms with van der Waals surface area (Å²) in [6.45, 7) is 2.11. The van der Waals surface area contributed by atoms with E-state index in [2.05, 4.69) is 10.2 Å². The summed E-state index contributed by atoms with van der Waals surface area (Å²) in [6, 6.07) is 16.6. The van der Waals surface area contributed by atoms with Gasteiger partial charge in [0.05, 0.1) is 5.25 Å². The molecule has 0 spiro atoms. The maximum absolute atomic E-state index is 12.4. The number of fused-ring (bicyclic) bond motifs is 1. The van der Waals surface area contributed by atoms with Gasteiger partial charge in [0.25, 0.3) is 11.1 Å². The van der Waals surface area contributed by atoms with Crippen LogP contribution in [0.5, 0.6) is 11.5 Å². The molecule has 0 amide bonds. The quantitative estimate of drug-likeness (QED) is 0.499. The Morgan fingerprint density at radius 2 is 1.81 bits per heavy atom. The van der Waals surface area contributed by atoms with Crippen LogP contribution in [-0.4, -0.2) is 27.8 Å². The molecule has 0 radical (unpaired) electrons. The first-order valence-electron chi connectivity index (χ1n) is 8.18. The number of rotatable bonds is 5. The molecular formula is C19H16N2O4S. The highest BCUT2D eigenvalue weighted by atomic mass is 32.2. The summed E-state index contributed by atoms with van der Waals surface area (Å²) in [5.74, 6) is 1.69. The Kier molecular flexibility index (Phi) is 4.62. The van der Waals surface area contributed by atoms with Gasteiger partial charge in [0.2, 0.25) is 6.10 Å². The number of para-hydroxylation sites is 2. The largest absolute Gasteiger partial charge is 0.485 e. The van der Waals surface area contributed by atoms with Crippen molar-refractivity contribution in [1.29, 1.82) is 0 Å². The van der Waals surface area contributed by atoms with Crippen molar-refractivity contribution in [3.8, 4) is 11.5 Å². The topological polar surface area (TPSA) is 74.5 Å². The van der Waals surface area contributed by atoms with Gasteiger partial charge in [-0.15, -0.1) is 10.2 Å². The van der Waals surface area contributed by atoms with Crippen LogP contribution in [-0.2, 0) is 0 Å². The second-order valence-corrected chi connectivity index (χ2v) is 7.05. The summed E-state index contributed by atoms with van der Waals surface area (Å²) in [5.41, 5.74) is 0.660. The predicted octanol–water partition coefficient (Wildman–Crippen LogP) is 3.95. The van der Waals surface area contributed by atoms with Crippen LogP contribution in [0.15, 0.2) is 64.2 Å². The molecular weight excluding hydrogens is 352 g/mol. The third-order valence-electron chi connectivity index (χ3n) is 3.91. The first-order valence-corrected chi connectivity index (χ1v) is 9.06. The lowest BCUT2D eigenvalue weighted by atomic mass is 10.1. The minimum atomic E-state index is -0.466. The third kappa shape index (κ3) is 3.43. The van der Waals surface area contributed by atoms with Crippen molar-refractivity contribution < 1.29 is 18.7 Å². The minimum Gasteiger partial charge on any atom is -0.485 e. The van der Waals surface area contributed by atoms with Crippen molar-refractivity contribution in [2.75, 3.05) is 6.61 Å². The van der Waals surface area contributed by atoms with Crippen molar-refractivity contribution in [1.82, 2.24) is 10.2 Å². The van der Waals surface area contributed by atoms with Gasteiger partial charge >= 0.3 is 0 Å². The minimum absolute atomic E-state index is 0.0153. The van der Waals surface area contributed by atoms with Gasteiger partial charge in [-0.1, -0.05) is 54.2 Å². The number of hydrogen-bond donors (Lipinski definition) is 0. The van der Waals surface area contributed by atoms with Crippen LogP contribution in [0, 0.1) is 0 Å². The standard InChI is InChI=1S/C19H16N2O4S/c1-12(17(22)13-7-3-2-4-8-13)26-19-21-20-18(25-19)16-11-23-14-9-5-6-10-15(14)24-16/h2-10,12,16H,11H2,1H3. The van der Waals surface area contributed by atoms with Gasteiger partial charge in [-0.3, -0.25) is 4.79 Å². The lowest BCUT2D eigenvalue weighted by molar-refractivity contribution is 0.0686. The number of carbonyl (C=O) groups is 1. The molecule has 1 aromatic heterocycles. The summed E-state index contributed by atoms with van der Waals surface area (Å²) >= 11 is 1.23. The number of Topliss-reactive ketones (excluding diaryl/α,β-unsaturated/α-hetero) is 1. The first kappa shape index (κ1) is 16.7. The molecule has 2 atom stereocenters. The smallest absolute Gasteiger partial charge is 0.277 e. The van der Waals surface area contributed by atoms with E-state index in [0.29, 0.717) is 34.8 Å². The van der Waals surface area contributed by atoms with Crippen LogP contribution in [0.1, 0.15) is 29.3 Å². The molecule has 0 bridgehead atoms. The predicted molar refractivity (Wildman–Crippen MR) is 95.7 cm³/mol. The molecule has 0 N–H and O–H groups in total. The Morgan fingerprint density at radius 3 is 2.62 bits per heavy atom. The SMILES string of the molecule is CC(Sc1nnc(C2COc3ccccc3O2)o1)C(=O)c1ccccc1. The lowest BCUT2D eigenvalue weighted by Crippen LogP contribution is -2.21. The fourth-order valence-corrected chi connectivity index (χ4v) is 3.35. The first-order chi connectivity index (χ1) is 12.7. The Labute approximate surface area is 154 Å². The van der Waals surface area contributed by atoms with E-state index in [1.165, 1.54) is 11.8 Å². The van der Waals surface area contributed by atoms with E-state index in [9.17, 15) is 4.79 Å². The second-order valence-electron chi connectivity index (χ2n) is 5.76. The van der Waals surface area contributed by atoms with E-state index >= 15 is 0 Å². The molecule has 4 rings (SSSR count). The molecule has 2 aromatic carbocycles. The van der Waals surface area contributed by atoms with Crippen LogP contribution in [0.4, 0.5) is 0 Å². The zero-order valence-corrected chi connectivity index (χ0v) is 14.8. The highest BCUT2D eigenvalue weighted by molar-refractivity contribution is 8.00. The normalized spacial score (nSPS) is 16.9. The molecule has 7 heteroatoms. The van der Waals surface area contributed by atoms with Crippen molar-refractivity contribution in [2.24, 2.45) is 0 Å². The number of ether oxygens (including phenoxy) is 2. The number of carbonyl (C=O) groups excluding carboxylic acids is 1. The summed E-state index contributed by atoms with van der Waals surface area (Å²) in [4.78, 5) is 12.4. The maximum Gasteiger partial charge on any atom is 0.277 e. The molecule has 0 saturated heterocycles. The van der Waals surface area contributed by atoms with Crippen LogP contribution < -0.4 is 9.47 Å². The molecule has 2 unspecified atom stereocenters. The Bertz CT molecular complexity index is 913. The average molecular weight is 368 g/mol. The van der Waals surface area contributed by atoms with E-state index in [1.807, 2.05) is 49.4 Å². The number of hydrogen-bond acceptors (Lipinski definition) is 7. The maximum atomic E-state index is 12.4. The molecule has 26 heavy (non-hydrogen) atoms. The average Bonchev–Trinajstić information content (AvgIpc) is 3.16. The van der Waals surface area contributed by atoms with E-state index in [4.69, 9.17) is 13.9 Å². The summed E-state index contributed by atoms with van der Waals surface area (Å²) < 4.78 is 17.2. The van der Waals surface area contributed by atoms with Crippen LogP contribution in [0.3, 0.4) is 0 Å². The van der Waals surface area contributed by atoms with E-state index in [-0.39, 0.29) is 11.0 Å². The number of benzene rings is 2. The fourth-order valence-electron chi connectivity index (χ4n) is 2.58. The molecule has 0 saturated carbocycles. The molecule has 0 fully saturated rings. The highest BCUT2D eigenvalue weighted by Gasteiger charge is 2.28. The van der Waals surface area contributed by atoms with E-state index in [1.54, 1.807) is 12.1 Å². The Hall–Kier alpha value is -2.80. The van der Waals surface area contributed by atoms with Crippen molar-refractivity contribution in [2.45, 2.75) is 23.5 Å². The van der Waals surface area contributed by atoms with Gasteiger partial charge in [0, 0.05) is 5.56 Å². The summed E-state index contributed by atoms with van der Waals surface area (Å²) in [6.07, 6.45) is -0.466. The van der Waals surface area contributed by atoms with E-state index < -0.39 is 6.10 Å². The molecule has 132 valence electrons. The summed E-state index contributed by atoms with van der Waals surface area (Å²) in [7, 11) is 0. The Balaban J connectivity index is 1.43. The van der Waals surface area contributed by atoms with Gasteiger partial charge in [-0.05, 0) is 19.1 Å². The van der Waals surface area contributed by atoms with Crippen LogP contribution in [0.25, 0.3) is 0 Å². The van der Waals surface area contributed by atoms with Gasteiger partial charge in [0.15, 0.2) is 17.3 Å². The second kappa shape index (κ2) is 7.21. The highest BCUT2D eigenvalue weighted by Crippen LogP contribution is 2.36. The van der Waals surface area contributed by atoms with Crippen LogP contribution >= 0.6 is 11.8 Å². The van der Waals surface area contributed by atoms with Crippen LogP contribution in [0.2, 0.25) is 0 Å². The number of thioether (sulfide) groups is 1. The van der Waals surface area contributed by atoms with E-state index in [0.717, 1.165) is 0 Å². The van der Waals surface area contributed by atoms with Gasteiger partial charge in [-0.2, -0.15) is 0 Å². The lowest BCUT2D eigenvalue weighted by Gasteiger charge is -2.23. The van der Waals surface area contributed by atoms with Gasteiger partial charge in [0.1, 0.15) is 6.61 Å². The molecule has 0 aliphatic carbocycles. The monoisotopic (exact) mass is 368 g/mol. The van der Waals surface area contributed by atoms with Crippen molar-refractivity contribution in [3.05, 3.63) is 66.1 Å².